The van der Waals surface area contributed by atoms with Crippen LogP contribution in [0, 0.1) is 0 Å². The fourth-order valence-electron chi connectivity index (χ4n) is 2.33. The molecule has 112 valence electrons. The summed E-state index contributed by atoms with van der Waals surface area (Å²) >= 11 is 0. The van der Waals surface area contributed by atoms with Crippen LogP contribution in [0.25, 0.3) is 22.3 Å². The average Bonchev–Trinajstić information content (AvgIpc) is 2.54. The van der Waals surface area contributed by atoms with Crippen molar-refractivity contribution in [3.8, 4) is 11.3 Å². The number of rotatable bonds is 1. The molecule has 2 aromatic carbocycles. The van der Waals surface area contributed by atoms with Gasteiger partial charge in [0.25, 0.3) is 0 Å². The average molecular weight is 297 g/mol. The van der Waals surface area contributed by atoms with Crippen molar-refractivity contribution < 1.29 is 4.42 Å². The largest absolute Gasteiger partial charge is 0.451 e. The van der Waals surface area contributed by atoms with Gasteiger partial charge < -0.3 is 33.1 Å². The van der Waals surface area contributed by atoms with Gasteiger partial charge in [0.1, 0.15) is 11.4 Å². The molecule has 7 heteroatoms. The van der Waals surface area contributed by atoms with Crippen LogP contribution in [-0.4, -0.2) is 0 Å². The van der Waals surface area contributed by atoms with Crippen LogP contribution in [0.15, 0.2) is 39.5 Å². The van der Waals surface area contributed by atoms with Gasteiger partial charge in [-0.05, 0) is 0 Å². The van der Waals surface area contributed by atoms with Crippen molar-refractivity contribution in [1.29, 1.82) is 0 Å². The Kier molecular flexibility index (Phi) is 2.84. The molecule has 0 atom stereocenters. The van der Waals surface area contributed by atoms with Gasteiger partial charge in [0.05, 0.1) is 22.4 Å². The van der Waals surface area contributed by atoms with Crippen molar-refractivity contribution in [2.75, 3.05) is 28.7 Å². The third kappa shape index (κ3) is 1.72. The minimum Gasteiger partial charge on any atom is -0.451 e. The summed E-state index contributed by atoms with van der Waals surface area (Å²) in [6.07, 6.45) is 0. The van der Waals surface area contributed by atoms with Crippen molar-refractivity contribution in [3.05, 3.63) is 40.6 Å². The number of hydrogen-bond acceptors (Lipinski definition) is 7. The molecule has 0 fully saturated rings. The van der Waals surface area contributed by atoms with E-state index in [1.165, 1.54) is 0 Å². The Labute approximate surface area is 125 Å². The van der Waals surface area contributed by atoms with Gasteiger partial charge in [-0.3, -0.25) is 4.79 Å². The van der Waals surface area contributed by atoms with Crippen LogP contribution in [0.3, 0.4) is 0 Å². The molecular weight excluding hydrogens is 282 g/mol. The molecule has 1 aromatic heterocycles. The van der Waals surface area contributed by atoms with E-state index in [-0.39, 0.29) is 45.2 Å². The molecule has 0 spiro atoms. The van der Waals surface area contributed by atoms with E-state index < -0.39 is 5.43 Å². The van der Waals surface area contributed by atoms with Crippen molar-refractivity contribution in [2.24, 2.45) is 0 Å². The summed E-state index contributed by atoms with van der Waals surface area (Å²) in [5.41, 5.74) is 29.7. The highest BCUT2D eigenvalue weighted by Gasteiger charge is 2.21. The van der Waals surface area contributed by atoms with Crippen LogP contribution >= 0.6 is 0 Å². The minimum absolute atomic E-state index is 0.0155. The van der Waals surface area contributed by atoms with Crippen LogP contribution in [-0.2, 0) is 0 Å². The highest BCUT2D eigenvalue weighted by Crippen LogP contribution is 2.39. The van der Waals surface area contributed by atoms with Gasteiger partial charge in [0.2, 0.25) is 5.43 Å². The summed E-state index contributed by atoms with van der Waals surface area (Å²) in [5.74, 6) is 0.216. The van der Waals surface area contributed by atoms with E-state index in [4.69, 9.17) is 33.1 Å². The minimum atomic E-state index is -0.490. The summed E-state index contributed by atoms with van der Waals surface area (Å²) in [7, 11) is 0. The first-order valence-electron chi connectivity index (χ1n) is 6.47. The summed E-state index contributed by atoms with van der Waals surface area (Å²) in [6.45, 7) is 0. The number of nitrogen functional groups attached to an aromatic ring is 5. The van der Waals surface area contributed by atoms with Crippen LogP contribution in [0.1, 0.15) is 0 Å². The predicted molar refractivity (Wildman–Crippen MR) is 90.0 cm³/mol. The molecule has 0 saturated carbocycles. The number of anilines is 5. The molecule has 1 heterocycles. The van der Waals surface area contributed by atoms with E-state index in [2.05, 4.69) is 0 Å². The standard InChI is InChI=1S/C15H15N5O2/c16-8-7-13(21)12(20)14(6-4-2-1-3-5-6)22-15(7)11(19)10(18)9(8)17/h1-5H,16-20H2. The molecule has 22 heavy (non-hydrogen) atoms. The molecule has 0 unspecified atom stereocenters. The van der Waals surface area contributed by atoms with E-state index in [9.17, 15) is 4.79 Å². The zero-order valence-corrected chi connectivity index (χ0v) is 11.6. The molecule has 0 aliphatic rings. The van der Waals surface area contributed by atoms with Gasteiger partial charge in [0, 0.05) is 5.56 Å². The maximum atomic E-state index is 12.5. The van der Waals surface area contributed by atoms with Crippen LogP contribution in [0.2, 0.25) is 0 Å². The zero-order valence-electron chi connectivity index (χ0n) is 11.6. The molecule has 0 aliphatic carbocycles. The molecule has 0 radical (unpaired) electrons. The monoisotopic (exact) mass is 297 g/mol. The number of benzene rings is 2. The molecule has 10 N–H and O–H groups in total. The Morgan fingerprint density at radius 1 is 0.727 bits per heavy atom. The first-order valence-corrected chi connectivity index (χ1v) is 6.47. The van der Waals surface area contributed by atoms with Gasteiger partial charge >= 0.3 is 0 Å². The lowest BCUT2D eigenvalue weighted by molar-refractivity contribution is 0.623. The lowest BCUT2D eigenvalue weighted by atomic mass is 10.1. The maximum Gasteiger partial charge on any atom is 0.218 e. The molecular formula is C15H15N5O2. The maximum absolute atomic E-state index is 12.5. The van der Waals surface area contributed by atoms with Crippen molar-refractivity contribution in [3.63, 3.8) is 0 Å². The van der Waals surface area contributed by atoms with Crippen molar-refractivity contribution in [2.45, 2.75) is 0 Å². The Morgan fingerprint density at radius 3 is 1.95 bits per heavy atom. The highest BCUT2D eigenvalue weighted by atomic mass is 16.3. The van der Waals surface area contributed by atoms with Gasteiger partial charge in [0.15, 0.2) is 11.3 Å². The molecule has 0 saturated heterocycles. The van der Waals surface area contributed by atoms with E-state index in [1.54, 1.807) is 24.3 Å². The zero-order chi connectivity index (χ0) is 16.0. The van der Waals surface area contributed by atoms with E-state index in [0.717, 1.165) is 0 Å². The second kappa shape index (κ2) is 4.59. The Morgan fingerprint density at radius 2 is 1.32 bits per heavy atom. The van der Waals surface area contributed by atoms with Crippen LogP contribution in [0.5, 0.6) is 0 Å². The summed E-state index contributed by atoms with van der Waals surface area (Å²) < 4.78 is 5.74. The van der Waals surface area contributed by atoms with Crippen molar-refractivity contribution in [1.82, 2.24) is 0 Å². The normalized spacial score (nSPS) is 10.9. The Balaban J connectivity index is 2.51. The third-order valence-electron chi connectivity index (χ3n) is 3.57. The molecule has 0 aliphatic heterocycles. The first-order chi connectivity index (χ1) is 10.4. The number of nitrogens with two attached hydrogens (primary N) is 5. The predicted octanol–water partition coefficient (Wildman–Crippen LogP) is 1.37. The fourth-order valence-corrected chi connectivity index (χ4v) is 2.33. The van der Waals surface area contributed by atoms with E-state index >= 15 is 0 Å². The molecule has 3 rings (SSSR count). The third-order valence-corrected chi connectivity index (χ3v) is 3.57. The number of fused-ring (bicyclic) bond motifs is 1. The smallest absolute Gasteiger partial charge is 0.218 e. The summed E-state index contributed by atoms with van der Waals surface area (Å²) in [6, 6.07) is 8.97. The van der Waals surface area contributed by atoms with E-state index in [0.29, 0.717) is 5.56 Å². The van der Waals surface area contributed by atoms with Gasteiger partial charge in [-0.15, -0.1) is 0 Å². The topological polar surface area (TPSA) is 160 Å². The van der Waals surface area contributed by atoms with Gasteiger partial charge in [-0.1, -0.05) is 30.3 Å². The van der Waals surface area contributed by atoms with Crippen molar-refractivity contribution >= 4 is 39.4 Å². The fraction of sp³-hybridized carbons (Fsp3) is 0. The lowest BCUT2D eigenvalue weighted by Crippen LogP contribution is -2.15. The SMILES string of the molecule is Nc1c(N)c(N)c2c(=O)c(N)c(-c3ccccc3)oc2c1N. The molecule has 0 amide bonds. The van der Waals surface area contributed by atoms with Gasteiger partial charge in [-0.25, -0.2) is 0 Å². The second-order valence-electron chi connectivity index (χ2n) is 4.90. The Hall–Kier alpha value is -3.35. The van der Waals surface area contributed by atoms with Gasteiger partial charge in [-0.2, -0.15) is 0 Å². The molecule has 3 aromatic rings. The molecule has 0 bridgehead atoms. The summed E-state index contributed by atoms with van der Waals surface area (Å²) in [5, 5.41) is 0.0429. The quantitative estimate of drug-likeness (QED) is 0.424. The summed E-state index contributed by atoms with van der Waals surface area (Å²) in [4.78, 5) is 12.5. The van der Waals surface area contributed by atoms with Crippen LogP contribution < -0.4 is 34.1 Å². The van der Waals surface area contributed by atoms with E-state index in [1.807, 2.05) is 6.07 Å². The molecule has 7 nitrogen and oxygen atoms in total. The van der Waals surface area contributed by atoms with Crippen LogP contribution in [0.4, 0.5) is 28.4 Å². The lowest BCUT2D eigenvalue weighted by Gasteiger charge is -2.13. The second-order valence-corrected chi connectivity index (χ2v) is 4.90. The Bertz CT molecular complexity index is 948. The first kappa shape index (κ1) is 13.6. The number of hydrogen-bond donors (Lipinski definition) is 5. The highest BCUT2D eigenvalue weighted by molar-refractivity contribution is 6.10.